The molecular formula is C20H24N2O2. The molecule has 1 unspecified atom stereocenters. The second-order valence-electron chi connectivity index (χ2n) is 6.85. The summed E-state index contributed by atoms with van der Waals surface area (Å²) >= 11 is 0. The lowest BCUT2D eigenvalue weighted by Crippen LogP contribution is -2.52. The first-order valence-electron chi connectivity index (χ1n) is 8.71. The standard InChI is InChI=1S/C20H24N2O2/c1-3-13-12-22-9-7-14(13)10-19(22)20(23)16-6-8-21-18-5-4-15(24-2)11-17(16)18/h3-6,8,11,14,19-20,23H,7,9-10,12H2,1-2H3/b13-3-/t14-,19-,20+/m0/s1. The quantitative estimate of drug-likeness (QED) is 0.880. The van der Waals surface area contributed by atoms with E-state index >= 15 is 0 Å². The van der Waals surface area contributed by atoms with E-state index in [2.05, 4.69) is 22.9 Å². The first-order chi connectivity index (χ1) is 11.7. The molecule has 24 heavy (non-hydrogen) atoms. The average Bonchev–Trinajstić information content (AvgIpc) is 2.66. The molecule has 2 bridgehead atoms. The molecule has 126 valence electrons. The summed E-state index contributed by atoms with van der Waals surface area (Å²) in [5, 5.41) is 12.1. The lowest BCUT2D eigenvalue weighted by Gasteiger charge is -2.48. The topological polar surface area (TPSA) is 45.6 Å². The van der Waals surface area contributed by atoms with Crippen LogP contribution in [0.3, 0.4) is 0 Å². The summed E-state index contributed by atoms with van der Waals surface area (Å²) in [7, 11) is 1.66. The lowest BCUT2D eigenvalue weighted by molar-refractivity contribution is -0.00340. The largest absolute Gasteiger partial charge is 0.497 e. The predicted octanol–water partition coefficient (Wildman–Crippen LogP) is 3.32. The molecule has 1 N–H and O–H groups in total. The number of nitrogens with zero attached hydrogens (tertiary/aromatic N) is 2. The first kappa shape index (κ1) is 15.6. The maximum absolute atomic E-state index is 11.2. The SMILES string of the molecule is C/C=C1/CN2CC[C@H]1C[C@H]2[C@H](O)c1ccnc2ccc(OC)cc12. The molecule has 3 saturated heterocycles. The maximum atomic E-state index is 11.2. The van der Waals surface area contributed by atoms with Crippen LogP contribution in [0.1, 0.15) is 31.4 Å². The minimum Gasteiger partial charge on any atom is -0.497 e. The Morgan fingerprint density at radius 2 is 2.25 bits per heavy atom. The summed E-state index contributed by atoms with van der Waals surface area (Å²) < 4.78 is 5.35. The molecule has 4 heterocycles. The zero-order valence-corrected chi connectivity index (χ0v) is 14.3. The summed E-state index contributed by atoms with van der Waals surface area (Å²) in [6.45, 7) is 4.20. The molecule has 0 saturated carbocycles. The molecule has 4 heteroatoms. The number of methoxy groups -OCH3 is 1. The van der Waals surface area contributed by atoms with Crippen LogP contribution in [0.25, 0.3) is 10.9 Å². The molecule has 3 fully saturated rings. The number of ether oxygens (including phenoxy) is 1. The lowest BCUT2D eigenvalue weighted by atomic mass is 9.76. The van der Waals surface area contributed by atoms with Gasteiger partial charge in [-0.3, -0.25) is 9.88 Å². The molecule has 4 atom stereocenters. The molecule has 0 radical (unpaired) electrons. The van der Waals surface area contributed by atoms with E-state index in [1.54, 1.807) is 13.3 Å². The zero-order chi connectivity index (χ0) is 16.7. The highest BCUT2D eigenvalue weighted by molar-refractivity contribution is 5.83. The first-order valence-corrected chi connectivity index (χ1v) is 8.71. The van der Waals surface area contributed by atoms with Gasteiger partial charge in [-0.1, -0.05) is 11.6 Å². The third kappa shape index (κ3) is 2.50. The number of aromatic nitrogens is 1. The minimum atomic E-state index is -0.496. The molecule has 1 aromatic heterocycles. The number of hydrogen-bond acceptors (Lipinski definition) is 4. The Morgan fingerprint density at radius 3 is 2.96 bits per heavy atom. The molecule has 1 aromatic carbocycles. The van der Waals surface area contributed by atoms with Crippen molar-refractivity contribution in [1.29, 1.82) is 0 Å². The summed E-state index contributed by atoms with van der Waals surface area (Å²) in [5.41, 5.74) is 3.39. The number of aliphatic hydroxyl groups excluding tert-OH is 1. The highest BCUT2D eigenvalue weighted by atomic mass is 16.5. The second-order valence-corrected chi connectivity index (χ2v) is 6.85. The number of aliphatic hydroxyl groups is 1. The van der Waals surface area contributed by atoms with Crippen LogP contribution in [0.4, 0.5) is 0 Å². The highest BCUT2D eigenvalue weighted by Gasteiger charge is 2.40. The number of piperidine rings is 3. The van der Waals surface area contributed by atoms with E-state index in [4.69, 9.17) is 4.74 Å². The van der Waals surface area contributed by atoms with Crippen molar-refractivity contribution in [2.75, 3.05) is 20.2 Å². The van der Waals surface area contributed by atoms with E-state index in [1.165, 1.54) is 12.0 Å². The summed E-state index contributed by atoms with van der Waals surface area (Å²) in [6.07, 6.45) is 5.80. The van der Waals surface area contributed by atoms with E-state index in [-0.39, 0.29) is 6.04 Å². The molecule has 0 spiro atoms. The normalized spacial score (nSPS) is 29.1. The third-order valence-electron chi connectivity index (χ3n) is 5.71. The Kier molecular flexibility index (Phi) is 4.02. The fraction of sp³-hybridized carbons (Fsp3) is 0.450. The fourth-order valence-corrected chi connectivity index (χ4v) is 4.34. The van der Waals surface area contributed by atoms with Crippen molar-refractivity contribution in [2.45, 2.75) is 31.9 Å². The highest BCUT2D eigenvalue weighted by Crippen LogP contribution is 2.41. The Labute approximate surface area is 142 Å². The fourth-order valence-electron chi connectivity index (χ4n) is 4.34. The molecule has 5 rings (SSSR count). The van der Waals surface area contributed by atoms with Crippen molar-refractivity contribution < 1.29 is 9.84 Å². The van der Waals surface area contributed by atoms with Crippen LogP contribution in [-0.2, 0) is 0 Å². The van der Waals surface area contributed by atoms with E-state index in [9.17, 15) is 5.11 Å². The van der Waals surface area contributed by atoms with Gasteiger partial charge in [0, 0.05) is 24.2 Å². The Bertz CT molecular complexity index is 786. The van der Waals surface area contributed by atoms with Gasteiger partial charge in [-0.15, -0.1) is 0 Å². The molecule has 3 aliphatic heterocycles. The van der Waals surface area contributed by atoms with Crippen molar-refractivity contribution in [3.05, 3.63) is 47.7 Å². The van der Waals surface area contributed by atoms with Gasteiger partial charge in [0.25, 0.3) is 0 Å². The van der Waals surface area contributed by atoms with Crippen LogP contribution in [0.2, 0.25) is 0 Å². The van der Waals surface area contributed by atoms with Crippen molar-refractivity contribution in [3.63, 3.8) is 0 Å². The number of hydrogen-bond donors (Lipinski definition) is 1. The Hall–Kier alpha value is -1.91. The Balaban J connectivity index is 1.70. The second kappa shape index (κ2) is 6.19. The van der Waals surface area contributed by atoms with E-state index < -0.39 is 6.10 Å². The molecule has 0 aliphatic carbocycles. The summed E-state index contributed by atoms with van der Waals surface area (Å²) in [5.74, 6) is 1.42. The number of pyridine rings is 1. The molecule has 0 amide bonds. The summed E-state index contributed by atoms with van der Waals surface area (Å²) in [4.78, 5) is 6.87. The van der Waals surface area contributed by atoms with Gasteiger partial charge in [0.05, 0.1) is 18.7 Å². The molecule has 4 nitrogen and oxygen atoms in total. The van der Waals surface area contributed by atoms with Gasteiger partial charge in [0.2, 0.25) is 0 Å². The third-order valence-corrected chi connectivity index (χ3v) is 5.71. The number of fused-ring (bicyclic) bond motifs is 4. The van der Waals surface area contributed by atoms with Crippen molar-refractivity contribution >= 4 is 10.9 Å². The number of rotatable bonds is 3. The van der Waals surface area contributed by atoms with Crippen LogP contribution < -0.4 is 4.74 Å². The number of allylic oxidation sites excluding steroid dienone is 1. The van der Waals surface area contributed by atoms with E-state index in [0.717, 1.165) is 41.7 Å². The van der Waals surface area contributed by atoms with Crippen LogP contribution in [0.5, 0.6) is 5.75 Å². The number of benzene rings is 1. The van der Waals surface area contributed by atoms with Gasteiger partial charge in [0.1, 0.15) is 5.75 Å². The van der Waals surface area contributed by atoms with Gasteiger partial charge in [-0.25, -0.2) is 0 Å². The van der Waals surface area contributed by atoms with Gasteiger partial charge in [0.15, 0.2) is 0 Å². The molecular weight excluding hydrogens is 300 g/mol. The smallest absolute Gasteiger partial charge is 0.119 e. The predicted molar refractivity (Wildman–Crippen MR) is 95.1 cm³/mol. The summed E-state index contributed by atoms with van der Waals surface area (Å²) in [6, 6.07) is 7.98. The van der Waals surface area contributed by atoms with Crippen LogP contribution in [-0.4, -0.2) is 41.2 Å². The van der Waals surface area contributed by atoms with Crippen molar-refractivity contribution in [1.82, 2.24) is 9.88 Å². The monoisotopic (exact) mass is 324 g/mol. The average molecular weight is 324 g/mol. The Morgan fingerprint density at radius 1 is 1.38 bits per heavy atom. The van der Waals surface area contributed by atoms with Gasteiger partial charge in [-0.2, -0.15) is 0 Å². The van der Waals surface area contributed by atoms with Crippen LogP contribution in [0.15, 0.2) is 42.1 Å². The van der Waals surface area contributed by atoms with Crippen molar-refractivity contribution in [3.8, 4) is 5.75 Å². The maximum Gasteiger partial charge on any atom is 0.119 e. The van der Waals surface area contributed by atoms with Gasteiger partial charge < -0.3 is 9.84 Å². The minimum absolute atomic E-state index is 0.184. The van der Waals surface area contributed by atoms with Gasteiger partial charge in [-0.05, 0) is 62.1 Å². The van der Waals surface area contributed by atoms with Crippen LogP contribution in [0, 0.1) is 5.92 Å². The van der Waals surface area contributed by atoms with Crippen LogP contribution >= 0.6 is 0 Å². The van der Waals surface area contributed by atoms with E-state index in [0.29, 0.717) is 5.92 Å². The zero-order valence-electron chi connectivity index (χ0n) is 14.3. The van der Waals surface area contributed by atoms with Gasteiger partial charge >= 0.3 is 0 Å². The molecule has 3 aliphatic rings. The van der Waals surface area contributed by atoms with E-state index in [1.807, 2.05) is 24.3 Å². The molecule has 2 aromatic rings. The van der Waals surface area contributed by atoms with Crippen molar-refractivity contribution in [2.24, 2.45) is 5.92 Å².